The Labute approximate surface area is 190 Å². The van der Waals surface area contributed by atoms with Crippen molar-refractivity contribution in [2.75, 3.05) is 6.61 Å². The lowest BCUT2D eigenvalue weighted by Crippen LogP contribution is -2.40. The molecule has 2 N–H and O–H groups in total. The van der Waals surface area contributed by atoms with E-state index in [0.29, 0.717) is 9.20 Å². The van der Waals surface area contributed by atoms with Crippen LogP contribution >= 0.6 is 34.0 Å². The lowest BCUT2D eigenvalue weighted by molar-refractivity contribution is -0.136. The lowest BCUT2D eigenvalue weighted by Gasteiger charge is -2.23. The number of thiophene rings is 2. The highest BCUT2D eigenvalue weighted by atomic mass is 32.1. The molecule has 1 atom stereocenters. The fourth-order valence-corrected chi connectivity index (χ4v) is 6.56. The fourth-order valence-electron chi connectivity index (χ4n) is 3.51. The zero-order chi connectivity index (χ0) is 22.3. The van der Waals surface area contributed by atoms with Crippen molar-refractivity contribution in [3.63, 3.8) is 0 Å². The minimum absolute atomic E-state index is 0.0601. The van der Waals surface area contributed by atoms with E-state index < -0.39 is 11.9 Å². The summed E-state index contributed by atoms with van der Waals surface area (Å²) in [6.45, 7) is 5.86. The largest absolute Gasteiger partial charge is 0.463 e. The number of rotatable bonds is 4. The number of allylic oxidation sites excluding steroid dienone is 1. The van der Waals surface area contributed by atoms with Gasteiger partial charge < -0.3 is 10.5 Å². The van der Waals surface area contributed by atoms with Gasteiger partial charge in [0.2, 0.25) is 0 Å². The first kappa shape index (κ1) is 21.3. The van der Waals surface area contributed by atoms with E-state index >= 15 is 0 Å². The Morgan fingerprint density at radius 2 is 1.94 bits per heavy atom. The molecule has 3 aromatic heterocycles. The predicted octanol–water partition coefficient (Wildman–Crippen LogP) is 2.64. The standard InChI is InChI=1S/C22H19N3O3S3/c1-4-28-22(27)18-17(15-8-6-12(3)30-15)14(10-23)19(24)25-20(26)16(31-21(18)25)9-13-7-5-11(2)29-13/h5-9,17H,4,24H2,1-3H3/b16-9+. The SMILES string of the molecule is CCOC(=O)C1=c2s/c(=C/c3ccc(C)s3)c(=O)n2C(N)=C(C#N)C1c1ccc(C)s1. The average Bonchev–Trinajstić information content (AvgIpc) is 3.42. The van der Waals surface area contributed by atoms with Crippen molar-refractivity contribution in [3.05, 3.63) is 68.9 Å². The number of fused-ring (bicyclic) bond motifs is 1. The van der Waals surface area contributed by atoms with Gasteiger partial charge in [0, 0.05) is 19.5 Å². The summed E-state index contributed by atoms with van der Waals surface area (Å²) in [5.74, 6) is -1.16. The average molecular weight is 470 g/mol. The normalized spacial score (nSPS) is 16.4. The third-order valence-corrected chi connectivity index (χ3v) is 7.97. The molecular weight excluding hydrogens is 450 g/mol. The maximum Gasteiger partial charge on any atom is 0.338 e. The summed E-state index contributed by atoms with van der Waals surface area (Å²) >= 11 is 4.25. The van der Waals surface area contributed by atoms with Crippen LogP contribution in [0.3, 0.4) is 0 Å². The van der Waals surface area contributed by atoms with Crippen molar-refractivity contribution in [2.45, 2.75) is 26.7 Å². The first-order valence-corrected chi connectivity index (χ1v) is 12.0. The number of carbonyl (C=O) groups is 1. The fraction of sp³-hybridized carbons (Fsp3) is 0.227. The van der Waals surface area contributed by atoms with Gasteiger partial charge in [-0.05, 0) is 51.1 Å². The monoisotopic (exact) mass is 469 g/mol. The minimum Gasteiger partial charge on any atom is -0.463 e. The number of aryl methyl sites for hydroxylation is 2. The van der Waals surface area contributed by atoms with E-state index in [2.05, 4.69) is 6.07 Å². The molecule has 0 saturated carbocycles. The van der Waals surface area contributed by atoms with Crippen LogP contribution < -0.4 is 20.5 Å². The van der Waals surface area contributed by atoms with Gasteiger partial charge in [0.25, 0.3) is 5.56 Å². The van der Waals surface area contributed by atoms with Crippen LogP contribution in [0.15, 0.2) is 34.6 Å². The second-order valence-electron chi connectivity index (χ2n) is 6.93. The molecule has 6 nitrogen and oxygen atoms in total. The van der Waals surface area contributed by atoms with Gasteiger partial charge in [-0.25, -0.2) is 4.79 Å². The van der Waals surface area contributed by atoms with Crippen LogP contribution in [-0.4, -0.2) is 17.1 Å². The van der Waals surface area contributed by atoms with Crippen LogP contribution in [0.25, 0.3) is 17.5 Å². The van der Waals surface area contributed by atoms with E-state index in [9.17, 15) is 14.9 Å². The second kappa shape index (κ2) is 8.30. The molecule has 9 heteroatoms. The summed E-state index contributed by atoms with van der Waals surface area (Å²) in [4.78, 5) is 30.2. The molecule has 0 amide bonds. The van der Waals surface area contributed by atoms with Gasteiger partial charge in [-0.2, -0.15) is 5.26 Å². The molecule has 0 fully saturated rings. The number of thiazole rings is 1. The molecule has 3 aromatic rings. The first-order chi connectivity index (χ1) is 14.8. The Morgan fingerprint density at radius 1 is 1.23 bits per heavy atom. The van der Waals surface area contributed by atoms with Gasteiger partial charge in [0.05, 0.1) is 34.3 Å². The van der Waals surface area contributed by atoms with Crippen molar-refractivity contribution in [3.8, 4) is 6.07 Å². The molecule has 0 saturated heterocycles. The Morgan fingerprint density at radius 3 is 2.52 bits per heavy atom. The number of carbonyl (C=O) groups excluding carboxylic acids is 1. The molecule has 4 rings (SSSR count). The highest BCUT2D eigenvalue weighted by Crippen LogP contribution is 2.39. The van der Waals surface area contributed by atoms with E-state index in [4.69, 9.17) is 10.5 Å². The van der Waals surface area contributed by atoms with Crippen LogP contribution in [0.2, 0.25) is 0 Å². The van der Waals surface area contributed by atoms with Crippen LogP contribution in [0.1, 0.15) is 32.4 Å². The number of hydrogen-bond acceptors (Lipinski definition) is 8. The highest BCUT2D eigenvalue weighted by molar-refractivity contribution is 7.13. The summed E-state index contributed by atoms with van der Waals surface area (Å²) in [7, 11) is 0. The predicted molar refractivity (Wildman–Crippen MR) is 125 cm³/mol. The van der Waals surface area contributed by atoms with Crippen molar-refractivity contribution in [1.82, 2.24) is 4.57 Å². The van der Waals surface area contributed by atoms with E-state index in [-0.39, 0.29) is 29.1 Å². The molecule has 1 unspecified atom stereocenters. The molecule has 0 spiro atoms. The van der Waals surface area contributed by atoms with Gasteiger partial charge in [0.1, 0.15) is 10.5 Å². The van der Waals surface area contributed by atoms with E-state index in [1.165, 1.54) is 27.2 Å². The number of nitrogens with zero attached hydrogens (tertiary/aromatic N) is 2. The number of nitrogens with two attached hydrogens (primary N) is 1. The van der Waals surface area contributed by atoms with Gasteiger partial charge >= 0.3 is 5.97 Å². The summed E-state index contributed by atoms with van der Waals surface area (Å²) < 4.78 is 7.47. The minimum atomic E-state index is -0.669. The second-order valence-corrected chi connectivity index (χ2v) is 10.6. The molecule has 0 radical (unpaired) electrons. The highest BCUT2D eigenvalue weighted by Gasteiger charge is 2.37. The quantitative estimate of drug-likeness (QED) is 0.593. The third-order valence-electron chi connectivity index (χ3n) is 4.84. The van der Waals surface area contributed by atoms with Crippen LogP contribution in [0.5, 0.6) is 0 Å². The smallest absolute Gasteiger partial charge is 0.338 e. The number of ether oxygens (including phenoxy) is 1. The Bertz CT molecular complexity index is 1440. The summed E-state index contributed by atoms with van der Waals surface area (Å²) in [5, 5.41) is 9.92. The maximum atomic E-state index is 13.2. The summed E-state index contributed by atoms with van der Waals surface area (Å²) in [6.07, 6.45) is 1.79. The molecule has 31 heavy (non-hydrogen) atoms. The van der Waals surface area contributed by atoms with Crippen LogP contribution in [0, 0.1) is 25.2 Å². The number of esters is 1. The van der Waals surface area contributed by atoms with Crippen molar-refractivity contribution in [1.29, 1.82) is 5.26 Å². The number of nitriles is 1. The molecular formula is C22H19N3O3S3. The molecule has 1 aliphatic rings. The third kappa shape index (κ3) is 3.67. The molecule has 0 aliphatic carbocycles. The van der Waals surface area contributed by atoms with Crippen LogP contribution in [-0.2, 0) is 9.53 Å². The zero-order valence-electron chi connectivity index (χ0n) is 17.1. The van der Waals surface area contributed by atoms with Gasteiger partial charge in [-0.15, -0.1) is 34.0 Å². The van der Waals surface area contributed by atoms with E-state index in [1.807, 2.05) is 38.1 Å². The topological polar surface area (TPSA) is 98.1 Å². The molecule has 0 bridgehead atoms. The summed E-state index contributed by atoms with van der Waals surface area (Å²) in [5.41, 5.74) is 6.44. The van der Waals surface area contributed by atoms with Crippen LogP contribution in [0.4, 0.5) is 0 Å². The van der Waals surface area contributed by atoms with Crippen molar-refractivity contribution in [2.24, 2.45) is 5.73 Å². The van der Waals surface area contributed by atoms with Crippen molar-refractivity contribution >= 4 is 57.4 Å². The lowest BCUT2D eigenvalue weighted by atomic mass is 9.88. The van der Waals surface area contributed by atoms with Gasteiger partial charge in [0.15, 0.2) is 0 Å². The van der Waals surface area contributed by atoms with Gasteiger partial charge in [-0.3, -0.25) is 9.36 Å². The van der Waals surface area contributed by atoms with Gasteiger partial charge in [-0.1, -0.05) is 0 Å². The molecule has 158 valence electrons. The Hall–Kier alpha value is -2.93. The van der Waals surface area contributed by atoms with E-state index in [1.54, 1.807) is 24.3 Å². The maximum absolute atomic E-state index is 13.2. The Balaban J connectivity index is 2.10. The number of hydrogen-bond donors (Lipinski definition) is 1. The first-order valence-electron chi connectivity index (χ1n) is 9.53. The molecule has 0 aromatic carbocycles. The van der Waals surface area contributed by atoms with E-state index in [0.717, 1.165) is 19.5 Å². The molecule has 1 aliphatic heterocycles. The summed E-state index contributed by atoms with van der Waals surface area (Å²) in [6, 6.07) is 9.88. The number of aromatic nitrogens is 1. The Kier molecular flexibility index (Phi) is 5.71. The molecule has 4 heterocycles. The zero-order valence-corrected chi connectivity index (χ0v) is 19.5. The van der Waals surface area contributed by atoms with Crippen molar-refractivity contribution < 1.29 is 9.53 Å².